The summed E-state index contributed by atoms with van der Waals surface area (Å²) < 4.78 is 12.2. The fourth-order valence-corrected chi connectivity index (χ4v) is 2.39. The molecule has 1 aromatic rings. The highest BCUT2D eigenvalue weighted by atomic mass is 79.9. The second kappa shape index (κ2) is 4.41. The van der Waals surface area contributed by atoms with E-state index in [1.165, 1.54) is 0 Å². The van der Waals surface area contributed by atoms with Gasteiger partial charge in [-0.1, -0.05) is 22.9 Å². The van der Waals surface area contributed by atoms with E-state index in [2.05, 4.69) is 22.9 Å². The Morgan fingerprint density at radius 3 is 2.87 bits per heavy atom. The Kier molecular flexibility index (Phi) is 3.17. The van der Waals surface area contributed by atoms with Crippen molar-refractivity contribution in [2.45, 2.75) is 12.8 Å². The standard InChI is InChI=1S/C11H14BrNO2/c1-7(6-13)10-8(12)2-3-9-11(10)15-5-4-14-9/h2-3,7H,4-6,13H2,1H3. The average molecular weight is 272 g/mol. The van der Waals surface area contributed by atoms with Gasteiger partial charge in [0, 0.05) is 10.0 Å². The van der Waals surface area contributed by atoms with Crippen molar-refractivity contribution in [3.8, 4) is 11.5 Å². The normalized spacial score (nSPS) is 16.2. The third-order valence-electron chi connectivity index (χ3n) is 2.54. The Bertz CT molecular complexity index is 368. The lowest BCUT2D eigenvalue weighted by molar-refractivity contribution is 0.169. The van der Waals surface area contributed by atoms with Crippen LogP contribution in [0, 0.1) is 0 Å². The molecule has 1 heterocycles. The first-order valence-electron chi connectivity index (χ1n) is 5.02. The maximum Gasteiger partial charge on any atom is 0.165 e. The van der Waals surface area contributed by atoms with Crippen LogP contribution < -0.4 is 15.2 Å². The predicted molar refractivity (Wildman–Crippen MR) is 62.6 cm³/mol. The van der Waals surface area contributed by atoms with Gasteiger partial charge in [0.2, 0.25) is 0 Å². The van der Waals surface area contributed by atoms with Crippen molar-refractivity contribution in [3.63, 3.8) is 0 Å². The Hall–Kier alpha value is -0.740. The van der Waals surface area contributed by atoms with Crippen LogP contribution in [-0.2, 0) is 0 Å². The number of fused-ring (bicyclic) bond motifs is 1. The molecule has 4 heteroatoms. The first-order valence-corrected chi connectivity index (χ1v) is 5.81. The molecule has 0 bridgehead atoms. The van der Waals surface area contributed by atoms with E-state index in [0.29, 0.717) is 19.8 Å². The van der Waals surface area contributed by atoms with Gasteiger partial charge in [0.05, 0.1) is 0 Å². The molecular formula is C11H14BrNO2. The zero-order valence-corrected chi connectivity index (χ0v) is 10.2. The van der Waals surface area contributed by atoms with Crippen LogP contribution in [0.3, 0.4) is 0 Å². The molecule has 0 fully saturated rings. The quantitative estimate of drug-likeness (QED) is 0.898. The minimum atomic E-state index is 0.260. The van der Waals surface area contributed by atoms with Crippen molar-refractivity contribution in [3.05, 3.63) is 22.2 Å². The van der Waals surface area contributed by atoms with E-state index in [1.807, 2.05) is 12.1 Å². The van der Waals surface area contributed by atoms with Crippen molar-refractivity contribution in [2.75, 3.05) is 19.8 Å². The molecule has 2 N–H and O–H groups in total. The summed E-state index contributed by atoms with van der Waals surface area (Å²) in [5.74, 6) is 1.92. The summed E-state index contributed by atoms with van der Waals surface area (Å²) in [6, 6.07) is 3.90. The summed E-state index contributed by atoms with van der Waals surface area (Å²) in [6.07, 6.45) is 0. The summed E-state index contributed by atoms with van der Waals surface area (Å²) in [7, 11) is 0. The molecule has 0 amide bonds. The Morgan fingerprint density at radius 2 is 2.13 bits per heavy atom. The van der Waals surface area contributed by atoms with E-state index < -0.39 is 0 Å². The third kappa shape index (κ3) is 1.96. The molecule has 1 aliphatic rings. The molecule has 3 nitrogen and oxygen atoms in total. The number of benzene rings is 1. The lowest BCUT2D eigenvalue weighted by Gasteiger charge is -2.24. The third-order valence-corrected chi connectivity index (χ3v) is 3.23. The number of halogens is 1. The highest BCUT2D eigenvalue weighted by Crippen LogP contribution is 2.41. The molecule has 1 aromatic carbocycles. The van der Waals surface area contributed by atoms with Crippen molar-refractivity contribution in [1.29, 1.82) is 0 Å². The van der Waals surface area contributed by atoms with Crippen molar-refractivity contribution < 1.29 is 9.47 Å². The van der Waals surface area contributed by atoms with Crippen LogP contribution in [0.1, 0.15) is 18.4 Å². The summed E-state index contributed by atoms with van der Waals surface area (Å²) in [5.41, 5.74) is 6.80. The molecule has 1 unspecified atom stereocenters. The molecule has 0 spiro atoms. The Labute approximate surface area is 97.7 Å². The number of hydrogen-bond donors (Lipinski definition) is 1. The molecule has 0 aliphatic carbocycles. The fraction of sp³-hybridized carbons (Fsp3) is 0.455. The molecule has 1 aliphatic heterocycles. The molecule has 0 aromatic heterocycles. The van der Waals surface area contributed by atoms with Crippen molar-refractivity contribution in [2.24, 2.45) is 5.73 Å². The van der Waals surface area contributed by atoms with E-state index in [9.17, 15) is 0 Å². The zero-order valence-electron chi connectivity index (χ0n) is 8.63. The molecule has 0 saturated carbocycles. The summed E-state index contributed by atoms with van der Waals surface area (Å²) in [5, 5.41) is 0. The summed E-state index contributed by atoms with van der Waals surface area (Å²) >= 11 is 3.53. The van der Waals surface area contributed by atoms with Gasteiger partial charge in [-0.15, -0.1) is 0 Å². The average Bonchev–Trinajstić information content (AvgIpc) is 2.28. The summed E-state index contributed by atoms with van der Waals surface area (Å²) in [4.78, 5) is 0. The predicted octanol–water partition coefficient (Wildman–Crippen LogP) is 2.28. The van der Waals surface area contributed by atoms with Gasteiger partial charge >= 0.3 is 0 Å². The lowest BCUT2D eigenvalue weighted by atomic mass is 9.99. The minimum absolute atomic E-state index is 0.260. The van der Waals surface area contributed by atoms with Crippen LogP contribution >= 0.6 is 15.9 Å². The maximum atomic E-state index is 5.69. The van der Waals surface area contributed by atoms with E-state index in [-0.39, 0.29) is 5.92 Å². The van der Waals surface area contributed by atoms with Crippen LogP contribution in [0.2, 0.25) is 0 Å². The van der Waals surface area contributed by atoms with Crippen molar-refractivity contribution >= 4 is 15.9 Å². The Balaban J connectivity index is 2.50. The Morgan fingerprint density at radius 1 is 1.40 bits per heavy atom. The largest absolute Gasteiger partial charge is 0.486 e. The molecule has 0 saturated heterocycles. The van der Waals surface area contributed by atoms with E-state index in [4.69, 9.17) is 15.2 Å². The first kappa shape index (κ1) is 10.8. The maximum absolute atomic E-state index is 5.69. The van der Waals surface area contributed by atoms with Gasteiger partial charge < -0.3 is 15.2 Å². The van der Waals surface area contributed by atoms with Gasteiger partial charge in [0.1, 0.15) is 13.2 Å². The van der Waals surface area contributed by atoms with Crippen LogP contribution in [0.4, 0.5) is 0 Å². The SMILES string of the molecule is CC(CN)c1c(Br)ccc2c1OCCO2. The van der Waals surface area contributed by atoms with Gasteiger partial charge in [0.25, 0.3) is 0 Å². The van der Waals surface area contributed by atoms with Gasteiger partial charge in [-0.05, 0) is 24.6 Å². The van der Waals surface area contributed by atoms with E-state index >= 15 is 0 Å². The first-order chi connectivity index (χ1) is 7.24. The molecule has 0 radical (unpaired) electrons. The van der Waals surface area contributed by atoms with Gasteiger partial charge in [-0.3, -0.25) is 0 Å². The van der Waals surface area contributed by atoms with Crippen LogP contribution in [0.5, 0.6) is 11.5 Å². The van der Waals surface area contributed by atoms with Crippen LogP contribution in [-0.4, -0.2) is 19.8 Å². The second-order valence-corrected chi connectivity index (χ2v) is 4.48. The highest BCUT2D eigenvalue weighted by molar-refractivity contribution is 9.10. The molecule has 1 atom stereocenters. The van der Waals surface area contributed by atoms with Crippen LogP contribution in [0.15, 0.2) is 16.6 Å². The van der Waals surface area contributed by atoms with Gasteiger partial charge in [-0.2, -0.15) is 0 Å². The van der Waals surface area contributed by atoms with E-state index in [1.54, 1.807) is 0 Å². The monoisotopic (exact) mass is 271 g/mol. The number of nitrogens with two attached hydrogens (primary N) is 1. The lowest BCUT2D eigenvalue weighted by Crippen LogP contribution is -2.19. The summed E-state index contributed by atoms with van der Waals surface area (Å²) in [6.45, 7) is 3.90. The number of rotatable bonds is 2. The van der Waals surface area contributed by atoms with Crippen LogP contribution in [0.25, 0.3) is 0 Å². The molecule has 2 rings (SSSR count). The number of ether oxygens (including phenoxy) is 2. The smallest absolute Gasteiger partial charge is 0.165 e. The number of hydrogen-bond acceptors (Lipinski definition) is 3. The fourth-order valence-electron chi connectivity index (χ4n) is 1.69. The topological polar surface area (TPSA) is 44.5 Å². The zero-order chi connectivity index (χ0) is 10.8. The second-order valence-electron chi connectivity index (χ2n) is 3.62. The van der Waals surface area contributed by atoms with Crippen molar-refractivity contribution in [1.82, 2.24) is 0 Å². The van der Waals surface area contributed by atoms with E-state index in [0.717, 1.165) is 21.5 Å². The molecule has 82 valence electrons. The molecular weight excluding hydrogens is 258 g/mol. The van der Waals surface area contributed by atoms with Gasteiger partial charge in [0.15, 0.2) is 11.5 Å². The highest BCUT2D eigenvalue weighted by Gasteiger charge is 2.21. The van der Waals surface area contributed by atoms with Gasteiger partial charge in [-0.25, -0.2) is 0 Å². The minimum Gasteiger partial charge on any atom is -0.486 e. The molecule has 15 heavy (non-hydrogen) atoms.